The van der Waals surface area contributed by atoms with Crippen LogP contribution >= 0.6 is 0 Å². The molecule has 3 aliphatic carbocycles. The van der Waals surface area contributed by atoms with Crippen LogP contribution in [0.15, 0.2) is 59.4 Å². The number of para-hydroxylation sites is 2. The van der Waals surface area contributed by atoms with Crippen LogP contribution in [0.5, 0.6) is 0 Å². The second-order valence-corrected chi connectivity index (χ2v) is 10.2. The molecular formula is C27H28F6N4O. The largest absolute Gasteiger partial charge is 0.498 e. The van der Waals surface area contributed by atoms with Crippen molar-refractivity contribution < 1.29 is 26.3 Å². The number of hydrogen-bond donors (Lipinski definition) is 1. The standard InChI is InChI=1S/C20H21F3N2O.C7H7F3N2/c21-20(22,23)15-3-1-2-4-16(15)25-19(26)17(13-7-8-13)18(14-9-10-14)24(25)11-12-5-6-12;8-7(9,10)12(11)6-4-2-1-3-5-6/h1-4,12-14H,5-11H2;1-5H,11H2. The predicted octanol–water partition coefficient (Wildman–Crippen LogP) is 6.71. The molecule has 38 heavy (non-hydrogen) atoms. The number of anilines is 1. The molecule has 3 saturated carbocycles. The van der Waals surface area contributed by atoms with E-state index in [2.05, 4.69) is 0 Å². The van der Waals surface area contributed by atoms with Crippen LogP contribution in [0.1, 0.15) is 67.2 Å². The number of nitrogens with zero attached hydrogens (tertiary/aromatic N) is 3. The van der Waals surface area contributed by atoms with Crippen molar-refractivity contribution in [3.05, 3.63) is 81.8 Å². The van der Waals surface area contributed by atoms with Gasteiger partial charge in [-0.1, -0.05) is 30.3 Å². The molecule has 0 radical (unpaired) electrons. The lowest BCUT2D eigenvalue weighted by Gasteiger charge is -2.20. The average molecular weight is 539 g/mol. The van der Waals surface area contributed by atoms with Gasteiger partial charge in [0.05, 0.1) is 16.9 Å². The van der Waals surface area contributed by atoms with E-state index in [1.54, 1.807) is 12.1 Å². The number of alkyl halides is 6. The van der Waals surface area contributed by atoms with E-state index in [9.17, 15) is 31.1 Å². The first-order valence-corrected chi connectivity index (χ1v) is 12.7. The van der Waals surface area contributed by atoms with Crippen LogP contribution in [0.25, 0.3) is 5.69 Å². The monoisotopic (exact) mass is 538 g/mol. The lowest BCUT2D eigenvalue weighted by Crippen LogP contribution is -2.43. The highest BCUT2D eigenvalue weighted by atomic mass is 19.4. The zero-order valence-electron chi connectivity index (χ0n) is 20.5. The zero-order chi connectivity index (χ0) is 27.2. The number of benzene rings is 2. The Balaban J connectivity index is 0.000000207. The summed E-state index contributed by atoms with van der Waals surface area (Å²) >= 11 is 0. The molecule has 2 N–H and O–H groups in total. The van der Waals surface area contributed by atoms with E-state index in [0.717, 1.165) is 55.8 Å². The van der Waals surface area contributed by atoms with Crippen molar-refractivity contribution in [2.45, 2.75) is 69.4 Å². The molecule has 6 rings (SSSR count). The lowest BCUT2D eigenvalue weighted by molar-refractivity contribution is -0.137. The van der Waals surface area contributed by atoms with Crippen molar-refractivity contribution in [1.29, 1.82) is 0 Å². The lowest BCUT2D eigenvalue weighted by atomic mass is 10.1. The number of nitrogens with two attached hydrogens (primary N) is 1. The van der Waals surface area contributed by atoms with Gasteiger partial charge < -0.3 is 0 Å². The summed E-state index contributed by atoms with van der Waals surface area (Å²) in [5, 5.41) is -0.229. The minimum atomic E-state index is -4.53. The van der Waals surface area contributed by atoms with Crippen LogP contribution < -0.4 is 16.4 Å². The van der Waals surface area contributed by atoms with Crippen molar-refractivity contribution in [1.82, 2.24) is 9.36 Å². The molecular weight excluding hydrogens is 510 g/mol. The highest BCUT2D eigenvalue weighted by Crippen LogP contribution is 2.49. The average Bonchev–Trinajstić information content (AvgIpc) is 3.72. The number of hydrogen-bond acceptors (Lipinski definition) is 3. The quantitative estimate of drug-likeness (QED) is 0.164. The molecule has 3 aliphatic rings. The van der Waals surface area contributed by atoms with Crippen LogP contribution in [0, 0.1) is 5.92 Å². The van der Waals surface area contributed by atoms with Crippen molar-refractivity contribution in [2.75, 3.05) is 5.01 Å². The van der Waals surface area contributed by atoms with Crippen molar-refractivity contribution in [3.8, 4) is 5.69 Å². The fourth-order valence-electron chi connectivity index (χ4n) is 4.72. The summed E-state index contributed by atoms with van der Waals surface area (Å²) in [7, 11) is 0. The van der Waals surface area contributed by atoms with Gasteiger partial charge in [-0.05, 0) is 74.6 Å². The highest BCUT2D eigenvalue weighted by molar-refractivity contribution is 5.46. The second-order valence-electron chi connectivity index (χ2n) is 10.2. The van der Waals surface area contributed by atoms with E-state index in [1.165, 1.54) is 41.1 Å². The molecule has 0 atom stereocenters. The maximum Gasteiger partial charge on any atom is 0.498 e. The van der Waals surface area contributed by atoms with Gasteiger partial charge in [0, 0.05) is 23.7 Å². The van der Waals surface area contributed by atoms with Gasteiger partial charge in [-0.2, -0.15) is 13.2 Å². The van der Waals surface area contributed by atoms with Gasteiger partial charge >= 0.3 is 12.5 Å². The smallest absolute Gasteiger partial charge is 0.281 e. The minimum absolute atomic E-state index is 0.0283. The second kappa shape index (κ2) is 9.83. The number of rotatable bonds is 6. The molecule has 3 fully saturated rings. The summed E-state index contributed by atoms with van der Waals surface area (Å²) in [6.45, 7) is 0.653. The fourth-order valence-corrected chi connectivity index (χ4v) is 4.72. The molecule has 5 nitrogen and oxygen atoms in total. The minimum Gasteiger partial charge on any atom is -0.281 e. The van der Waals surface area contributed by atoms with E-state index >= 15 is 0 Å². The van der Waals surface area contributed by atoms with Gasteiger partial charge in [0.25, 0.3) is 5.56 Å². The number of hydrazine groups is 1. The summed E-state index contributed by atoms with van der Waals surface area (Å²) in [5.41, 5.74) is 0.754. The Kier molecular flexibility index (Phi) is 6.83. The maximum absolute atomic E-state index is 13.6. The van der Waals surface area contributed by atoms with Gasteiger partial charge in [-0.15, -0.1) is 13.2 Å². The normalized spacial score (nSPS) is 17.7. The molecule has 0 aliphatic heterocycles. The molecule has 1 heterocycles. The summed E-state index contributed by atoms with van der Waals surface area (Å²) in [5.74, 6) is 5.85. The van der Waals surface area contributed by atoms with Crippen molar-refractivity contribution in [2.24, 2.45) is 11.8 Å². The van der Waals surface area contributed by atoms with Crippen molar-refractivity contribution >= 4 is 5.69 Å². The van der Waals surface area contributed by atoms with E-state index in [0.29, 0.717) is 18.4 Å². The molecule has 0 saturated heterocycles. The van der Waals surface area contributed by atoms with E-state index in [-0.39, 0.29) is 27.9 Å². The van der Waals surface area contributed by atoms with Crippen LogP contribution in [0.2, 0.25) is 0 Å². The first-order valence-electron chi connectivity index (χ1n) is 12.7. The molecule has 3 aromatic rings. The van der Waals surface area contributed by atoms with Gasteiger partial charge in [-0.25, -0.2) is 15.5 Å². The van der Waals surface area contributed by atoms with E-state index < -0.39 is 18.0 Å². The Bertz CT molecular complexity index is 1330. The highest BCUT2D eigenvalue weighted by Gasteiger charge is 2.42. The fraction of sp³-hybridized carbons (Fsp3) is 0.444. The molecule has 0 amide bonds. The molecule has 1 aromatic heterocycles. The van der Waals surface area contributed by atoms with E-state index in [4.69, 9.17) is 5.84 Å². The predicted molar refractivity (Wildman–Crippen MR) is 131 cm³/mol. The molecule has 2 aromatic carbocycles. The summed E-state index contributed by atoms with van der Waals surface area (Å²) in [6, 6.07) is 12.6. The molecule has 0 unspecified atom stereocenters. The summed E-state index contributed by atoms with van der Waals surface area (Å²) in [4.78, 5) is 13.3. The van der Waals surface area contributed by atoms with Gasteiger partial charge in [0.15, 0.2) is 0 Å². The number of halogens is 6. The summed E-state index contributed by atoms with van der Waals surface area (Å²) in [6.07, 6.45) is -2.80. The Morgan fingerprint density at radius 1 is 0.816 bits per heavy atom. The zero-order valence-corrected chi connectivity index (χ0v) is 20.5. The molecule has 0 spiro atoms. The first kappa shape index (κ1) is 26.4. The van der Waals surface area contributed by atoms with Crippen LogP contribution in [-0.2, 0) is 12.7 Å². The van der Waals surface area contributed by atoms with Gasteiger partial charge in [-0.3, -0.25) is 9.48 Å². The molecule has 11 heteroatoms. The molecule has 204 valence electrons. The summed E-state index contributed by atoms with van der Waals surface area (Å²) < 4.78 is 79.9. The SMILES string of the molecule is NN(c1ccccc1)C(F)(F)F.O=c1c(C2CC2)c(C2CC2)n(CC2CC2)n1-c1ccccc1C(F)(F)F. The van der Waals surface area contributed by atoms with Crippen molar-refractivity contribution in [3.63, 3.8) is 0 Å². The Morgan fingerprint density at radius 2 is 1.39 bits per heavy atom. The Labute approximate surface area is 215 Å². The van der Waals surface area contributed by atoms with Crippen LogP contribution in [0.4, 0.5) is 32.0 Å². The maximum atomic E-state index is 13.6. The third-order valence-corrected chi connectivity index (χ3v) is 7.04. The topological polar surface area (TPSA) is 56.2 Å². The Hall–Kier alpha value is -3.21. The first-order chi connectivity index (χ1) is 18.0. The van der Waals surface area contributed by atoms with Gasteiger partial charge in [0.1, 0.15) is 0 Å². The van der Waals surface area contributed by atoms with Crippen LogP contribution in [-0.4, -0.2) is 15.7 Å². The van der Waals surface area contributed by atoms with E-state index in [1.807, 2.05) is 4.68 Å². The van der Waals surface area contributed by atoms with Crippen LogP contribution in [0.3, 0.4) is 0 Å². The van der Waals surface area contributed by atoms with Gasteiger partial charge in [0.2, 0.25) is 0 Å². The Morgan fingerprint density at radius 3 is 1.92 bits per heavy atom. The molecule has 0 bridgehead atoms. The number of aromatic nitrogens is 2. The third-order valence-electron chi connectivity index (χ3n) is 7.04. The third kappa shape index (κ3) is 5.62.